The molecule has 1 aliphatic rings. The highest BCUT2D eigenvalue weighted by atomic mass is 32.2. The van der Waals surface area contributed by atoms with Gasteiger partial charge in [-0.3, -0.25) is 9.58 Å². The van der Waals surface area contributed by atoms with Crippen LogP contribution < -0.4 is 5.73 Å². The molecule has 2 atom stereocenters. The van der Waals surface area contributed by atoms with Crippen molar-refractivity contribution < 1.29 is 8.42 Å². The Hall–Kier alpha value is -0.570. The Morgan fingerprint density at radius 3 is 2.80 bits per heavy atom. The van der Waals surface area contributed by atoms with Crippen LogP contribution in [-0.4, -0.2) is 59.3 Å². The first-order valence-electron chi connectivity index (χ1n) is 6.57. The van der Waals surface area contributed by atoms with Crippen LogP contribution in [0.5, 0.6) is 0 Å². The zero-order chi connectivity index (χ0) is 14.9. The molecule has 1 fully saturated rings. The number of aryl methyl sites for hydroxylation is 1. The van der Waals surface area contributed by atoms with Crippen LogP contribution in [-0.2, 0) is 16.9 Å². The zero-order valence-corrected chi connectivity index (χ0v) is 13.7. The molecule has 1 saturated heterocycles. The van der Waals surface area contributed by atoms with Crippen molar-refractivity contribution >= 4 is 21.6 Å². The average molecular weight is 318 g/mol. The van der Waals surface area contributed by atoms with E-state index < -0.39 is 15.2 Å². The molecule has 0 radical (unpaired) electrons. The quantitative estimate of drug-likeness (QED) is 0.851. The maximum Gasteiger partial charge on any atom is 0.164 e. The molecule has 6 nitrogen and oxygen atoms in total. The molecule has 0 bridgehead atoms. The van der Waals surface area contributed by atoms with E-state index in [1.165, 1.54) is 6.26 Å². The van der Waals surface area contributed by atoms with Gasteiger partial charge in [0, 0.05) is 49.2 Å². The Balaban J connectivity index is 2.36. The first kappa shape index (κ1) is 15.8. The van der Waals surface area contributed by atoms with Gasteiger partial charge in [0.1, 0.15) is 5.37 Å². The number of nitrogens with zero attached hydrogens (tertiary/aromatic N) is 3. The summed E-state index contributed by atoms with van der Waals surface area (Å²) in [5.74, 6) is 1.54. The number of sulfone groups is 1. The van der Waals surface area contributed by atoms with Crippen molar-refractivity contribution in [3.8, 4) is 0 Å². The molecule has 20 heavy (non-hydrogen) atoms. The van der Waals surface area contributed by atoms with Gasteiger partial charge in [0.2, 0.25) is 0 Å². The molecule has 1 aromatic heterocycles. The minimum absolute atomic E-state index is 0.0932. The van der Waals surface area contributed by atoms with Gasteiger partial charge in [0.05, 0.1) is 12.2 Å². The molecule has 1 aromatic rings. The monoisotopic (exact) mass is 318 g/mol. The SMILES string of the molecule is Cc1c(C(CN)N2CCSCC2S(C)(=O)=O)cnn1C. The van der Waals surface area contributed by atoms with Gasteiger partial charge in [-0.2, -0.15) is 16.9 Å². The molecule has 1 aliphatic heterocycles. The van der Waals surface area contributed by atoms with E-state index in [0.717, 1.165) is 23.6 Å². The summed E-state index contributed by atoms with van der Waals surface area (Å²) < 4.78 is 25.8. The van der Waals surface area contributed by atoms with Gasteiger partial charge in [-0.05, 0) is 6.92 Å². The third kappa shape index (κ3) is 3.03. The summed E-state index contributed by atoms with van der Waals surface area (Å²) in [6.07, 6.45) is 3.11. The fourth-order valence-electron chi connectivity index (χ4n) is 2.60. The van der Waals surface area contributed by atoms with E-state index in [9.17, 15) is 8.42 Å². The van der Waals surface area contributed by atoms with Gasteiger partial charge >= 0.3 is 0 Å². The standard InChI is InChI=1S/C12H22N4O2S2/c1-9-10(7-14-15(9)2)11(6-13)16-4-5-19-8-12(16)20(3,17)18/h7,11-12H,4-6,8,13H2,1-3H3. The molecule has 2 N–H and O–H groups in total. The van der Waals surface area contributed by atoms with Crippen molar-refractivity contribution in [2.45, 2.75) is 18.3 Å². The van der Waals surface area contributed by atoms with Crippen molar-refractivity contribution in [3.05, 3.63) is 17.5 Å². The van der Waals surface area contributed by atoms with Crippen molar-refractivity contribution in [2.24, 2.45) is 12.8 Å². The largest absolute Gasteiger partial charge is 0.329 e. The minimum Gasteiger partial charge on any atom is -0.329 e. The van der Waals surface area contributed by atoms with E-state index in [1.807, 2.05) is 18.9 Å². The van der Waals surface area contributed by atoms with Crippen molar-refractivity contribution in [1.29, 1.82) is 0 Å². The molecule has 8 heteroatoms. The summed E-state index contributed by atoms with van der Waals surface area (Å²) in [7, 11) is -1.24. The lowest BCUT2D eigenvalue weighted by Gasteiger charge is -2.39. The van der Waals surface area contributed by atoms with Crippen LogP contribution in [0, 0.1) is 6.92 Å². The van der Waals surface area contributed by atoms with E-state index in [1.54, 1.807) is 22.6 Å². The number of nitrogens with two attached hydrogens (primary N) is 1. The first-order chi connectivity index (χ1) is 9.36. The molecule has 2 unspecified atom stereocenters. The van der Waals surface area contributed by atoms with Gasteiger partial charge in [-0.1, -0.05) is 0 Å². The molecule has 0 spiro atoms. The Kier molecular flexibility index (Phi) is 4.78. The second kappa shape index (κ2) is 6.05. The number of hydrogen-bond donors (Lipinski definition) is 1. The second-order valence-electron chi connectivity index (χ2n) is 5.16. The van der Waals surface area contributed by atoms with Crippen LogP contribution in [0.15, 0.2) is 6.20 Å². The first-order valence-corrected chi connectivity index (χ1v) is 9.68. The van der Waals surface area contributed by atoms with E-state index in [-0.39, 0.29) is 6.04 Å². The molecule has 0 aliphatic carbocycles. The van der Waals surface area contributed by atoms with E-state index in [4.69, 9.17) is 5.73 Å². The maximum atomic E-state index is 12.0. The Morgan fingerprint density at radius 2 is 2.30 bits per heavy atom. The Bertz CT molecular complexity index is 570. The van der Waals surface area contributed by atoms with Crippen LogP contribution in [0.2, 0.25) is 0 Å². The van der Waals surface area contributed by atoms with Crippen molar-refractivity contribution in [3.63, 3.8) is 0 Å². The Labute approximate surface area is 124 Å². The summed E-state index contributed by atoms with van der Waals surface area (Å²) in [5.41, 5.74) is 8.00. The number of rotatable bonds is 4. The molecule has 0 saturated carbocycles. The highest BCUT2D eigenvalue weighted by Gasteiger charge is 2.36. The molecule has 0 amide bonds. The lowest BCUT2D eigenvalue weighted by Crippen LogP contribution is -2.50. The molecule has 2 heterocycles. The second-order valence-corrected chi connectivity index (χ2v) is 8.51. The topological polar surface area (TPSA) is 81.2 Å². The summed E-state index contributed by atoms with van der Waals surface area (Å²) >= 11 is 1.68. The molecule has 0 aromatic carbocycles. The molecular weight excluding hydrogens is 296 g/mol. The lowest BCUT2D eigenvalue weighted by atomic mass is 10.1. The predicted molar refractivity (Wildman–Crippen MR) is 82.4 cm³/mol. The average Bonchev–Trinajstić information content (AvgIpc) is 2.72. The minimum atomic E-state index is -3.12. The highest BCUT2D eigenvalue weighted by molar-refractivity contribution is 8.00. The number of hydrogen-bond acceptors (Lipinski definition) is 6. The van der Waals surface area contributed by atoms with Gasteiger partial charge < -0.3 is 5.73 Å². The van der Waals surface area contributed by atoms with E-state index in [0.29, 0.717) is 12.3 Å². The van der Waals surface area contributed by atoms with Gasteiger partial charge in [-0.15, -0.1) is 0 Å². The highest BCUT2D eigenvalue weighted by Crippen LogP contribution is 2.30. The fraction of sp³-hybridized carbons (Fsp3) is 0.750. The maximum absolute atomic E-state index is 12.0. The van der Waals surface area contributed by atoms with Gasteiger partial charge in [-0.25, -0.2) is 8.42 Å². The van der Waals surface area contributed by atoms with Crippen LogP contribution in [0.3, 0.4) is 0 Å². The van der Waals surface area contributed by atoms with Crippen LogP contribution in [0.4, 0.5) is 0 Å². The number of aromatic nitrogens is 2. The van der Waals surface area contributed by atoms with Crippen LogP contribution >= 0.6 is 11.8 Å². The van der Waals surface area contributed by atoms with Crippen molar-refractivity contribution in [1.82, 2.24) is 14.7 Å². The van der Waals surface area contributed by atoms with E-state index >= 15 is 0 Å². The smallest absolute Gasteiger partial charge is 0.164 e. The zero-order valence-electron chi connectivity index (χ0n) is 12.1. The third-order valence-corrected chi connectivity index (χ3v) is 6.53. The summed E-state index contributed by atoms with van der Waals surface area (Å²) in [6, 6.07) is -0.0932. The molecular formula is C12H22N4O2S2. The van der Waals surface area contributed by atoms with E-state index in [2.05, 4.69) is 5.10 Å². The van der Waals surface area contributed by atoms with Crippen LogP contribution in [0.1, 0.15) is 17.3 Å². The lowest BCUT2D eigenvalue weighted by molar-refractivity contribution is 0.197. The van der Waals surface area contributed by atoms with Gasteiger partial charge in [0.25, 0.3) is 0 Å². The summed E-state index contributed by atoms with van der Waals surface area (Å²) in [6.45, 7) is 3.11. The summed E-state index contributed by atoms with van der Waals surface area (Å²) in [5, 5.41) is 3.78. The number of thioether (sulfide) groups is 1. The van der Waals surface area contributed by atoms with Crippen LogP contribution in [0.25, 0.3) is 0 Å². The Morgan fingerprint density at radius 1 is 1.60 bits per heavy atom. The molecule has 2 rings (SSSR count). The predicted octanol–water partition coefficient (Wildman–Crippen LogP) is 0.148. The van der Waals surface area contributed by atoms with Crippen molar-refractivity contribution in [2.75, 3.05) is 30.9 Å². The molecule has 114 valence electrons. The fourth-order valence-corrected chi connectivity index (χ4v) is 5.53. The normalized spacial score (nSPS) is 22.9. The van der Waals surface area contributed by atoms with Gasteiger partial charge in [0.15, 0.2) is 9.84 Å². The summed E-state index contributed by atoms with van der Waals surface area (Å²) in [4.78, 5) is 2.02. The third-order valence-electron chi connectivity index (χ3n) is 3.87.